The highest BCUT2D eigenvalue weighted by Gasteiger charge is 2.13. The molecule has 1 heterocycles. The second kappa shape index (κ2) is 6.76. The molecule has 1 aromatic heterocycles. The zero-order chi connectivity index (χ0) is 15.4. The molecule has 0 aliphatic carbocycles. The minimum absolute atomic E-state index is 0.238. The van der Waals surface area contributed by atoms with Gasteiger partial charge < -0.3 is 0 Å². The third-order valence-corrected chi connectivity index (χ3v) is 3.76. The Bertz CT molecular complexity index is 673. The summed E-state index contributed by atoms with van der Waals surface area (Å²) in [6, 6.07) is 5.55. The lowest BCUT2D eigenvalue weighted by molar-refractivity contribution is 0.102. The number of halogens is 1. The van der Waals surface area contributed by atoms with E-state index in [1.165, 1.54) is 0 Å². The Hall–Kier alpha value is -1.82. The summed E-state index contributed by atoms with van der Waals surface area (Å²) < 4.78 is 0.744. The number of carbonyl (C=O) groups excluding carboxylic acids is 1. The number of amides is 1. The van der Waals surface area contributed by atoms with Crippen molar-refractivity contribution in [3.05, 3.63) is 45.2 Å². The van der Waals surface area contributed by atoms with E-state index in [0.29, 0.717) is 5.56 Å². The maximum atomic E-state index is 12.3. The zero-order valence-corrected chi connectivity index (χ0v) is 13.9. The average Bonchev–Trinajstić information content (AvgIpc) is 2.46. The van der Waals surface area contributed by atoms with Crippen molar-refractivity contribution < 1.29 is 4.79 Å². The van der Waals surface area contributed by atoms with Gasteiger partial charge in [-0.25, -0.2) is 4.98 Å². The summed E-state index contributed by atoms with van der Waals surface area (Å²) in [4.78, 5) is 16.6. The van der Waals surface area contributed by atoms with Gasteiger partial charge in [0.15, 0.2) is 0 Å². The average molecular weight is 349 g/mol. The van der Waals surface area contributed by atoms with Gasteiger partial charge in [-0.05, 0) is 53.4 Å². The van der Waals surface area contributed by atoms with E-state index in [4.69, 9.17) is 0 Å². The highest BCUT2D eigenvalue weighted by molar-refractivity contribution is 9.10. The monoisotopic (exact) mass is 348 g/mol. The van der Waals surface area contributed by atoms with Crippen molar-refractivity contribution >= 4 is 27.8 Å². The van der Waals surface area contributed by atoms with Gasteiger partial charge in [0.05, 0.1) is 17.0 Å². The molecule has 2 aromatic rings. The van der Waals surface area contributed by atoms with Gasteiger partial charge in [0, 0.05) is 4.47 Å². The third kappa shape index (κ3) is 3.64. The third-order valence-electron chi connectivity index (χ3n) is 3.10. The van der Waals surface area contributed by atoms with Gasteiger partial charge in [-0.1, -0.05) is 19.9 Å². The van der Waals surface area contributed by atoms with Gasteiger partial charge in [0.1, 0.15) is 0 Å². The van der Waals surface area contributed by atoms with Crippen molar-refractivity contribution in [2.24, 2.45) is 0 Å². The highest BCUT2D eigenvalue weighted by atomic mass is 79.9. The molecule has 110 valence electrons. The summed E-state index contributed by atoms with van der Waals surface area (Å²) in [6.07, 6.45) is 1.54. The molecule has 0 saturated carbocycles. The molecule has 21 heavy (non-hydrogen) atoms. The number of nitrogens with one attached hydrogen (secondary N) is 1. The first kappa shape index (κ1) is 15.6. The van der Waals surface area contributed by atoms with E-state index in [2.05, 4.69) is 36.4 Å². The van der Waals surface area contributed by atoms with Crippen LogP contribution in [0.3, 0.4) is 0 Å². The van der Waals surface area contributed by atoms with Crippen LogP contribution in [0.2, 0.25) is 0 Å². The minimum Gasteiger partial charge on any atom is -0.289 e. The first-order valence-electron chi connectivity index (χ1n) is 6.85. The maximum absolute atomic E-state index is 12.3. The summed E-state index contributed by atoms with van der Waals surface area (Å²) in [5, 5.41) is 10.8. The molecular formula is C15H17BrN4O. The van der Waals surface area contributed by atoms with Crippen LogP contribution in [0, 0.1) is 6.92 Å². The first-order valence-corrected chi connectivity index (χ1v) is 7.64. The van der Waals surface area contributed by atoms with Crippen LogP contribution in [0.15, 0.2) is 22.7 Å². The van der Waals surface area contributed by atoms with Crippen LogP contribution in [0.4, 0.5) is 5.95 Å². The topological polar surface area (TPSA) is 67.8 Å². The van der Waals surface area contributed by atoms with Crippen LogP contribution >= 0.6 is 15.9 Å². The van der Waals surface area contributed by atoms with Crippen LogP contribution in [0.1, 0.15) is 41.2 Å². The van der Waals surface area contributed by atoms with E-state index in [1.807, 2.05) is 32.9 Å². The molecule has 2 rings (SSSR count). The molecule has 0 unspecified atom stereocenters. The number of benzene rings is 1. The quantitative estimate of drug-likeness (QED) is 0.920. The lowest BCUT2D eigenvalue weighted by Gasteiger charge is -2.08. The minimum atomic E-state index is -0.255. The molecule has 0 spiro atoms. The Morgan fingerprint density at radius 1 is 1.19 bits per heavy atom. The summed E-state index contributed by atoms with van der Waals surface area (Å²) in [6.45, 7) is 5.98. The summed E-state index contributed by atoms with van der Waals surface area (Å²) in [5.41, 5.74) is 3.36. The molecule has 0 bridgehead atoms. The van der Waals surface area contributed by atoms with E-state index in [1.54, 1.807) is 6.07 Å². The Kier molecular flexibility index (Phi) is 5.01. The van der Waals surface area contributed by atoms with Crippen LogP contribution in [-0.4, -0.2) is 21.1 Å². The van der Waals surface area contributed by atoms with E-state index >= 15 is 0 Å². The summed E-state index contributed by atoms with van der Waals surface area (Å²) in [5.74, 6) is -0.0171. The fourth-order valence-electron chi connectivity index (χ4n) is 1.96. The zero-order valence-electron chi connectivity index (χ0n) is 12.3. The molecule has 0 aliphatic rings. The largest absolute Gasteiger partial charge is 0.289 e. The molecule has 0 radical (unpaired) electrons. The highest BCUT2D eigenvalue weighted by Crippen LogP contribution is 2.19. The Morgan fingerprint density at radius 2 is 1.90 bits per heavy atom. The fourth-order valence-corrected chi connectivity index (χ4v) is 2.64. The number of hydrogen-bond donors (Lipinski definition) is 1. The normalized spacial score (nSPS) is 10.5. The van der Waals surface area contributed by atoms with Gasteiger partial charge >= 0.3 is 0 Å². The predicted molar refractivity (Wildman–Crippen MR) is 85.4 cm³/mol. The number of nitrogens with zero attached hydrogens (tertiary/aromatic N) is 3. The smallest absolute Gasteiger partial charge is 0.259 e. The van der Waals surface area contributed by atoms with Gasteiger partial charge in [-0.2, -0.15) is 0 Å². The molecule has 0 aliphatic heterocycles. The second-order valence-corrected chi connectivity index (χ2v) is 5.53. The van der Waals surface area contributed by atoms with Crippen LogP contribution in [0.5, 0.6) is 0 Å². The van der Waals surface area contributed by atoms with Crippen molar-refractivity contribution in [2.75, 3.05) is 5.32 Å². The van der Waals surface area contributed by atoms with Crippen LogP contribution < -0.4 is 5.32 Å². The number of aryl methyl sites for hydroxylation is 3. The first-order chi connectivity index (χ1) is 10.0. The molecule has 0 saturated heterocycles. The number of carbonyl (C=O) groups is 1. The van der Waals surface area contributed by atoms with Crippen molar-refractivity contribution in [1.82, 2.24) is 15.2 Å². The van der Waals surface area contributed by atoms with Gasteiger partial charge in [-0.15, -0.1) is 10.2 Å². The van der Waals surface area contributed by atoms with Crippen LogP contribution in [0.25, 0.3) is 0 Å². The standard InChI is InChI=1S/C15H17BrN4O/c1-4-12-13(5-2)19-20-15(17-12)18-14(21)10-7-6-9(3)8-11(10)16/h6-8H,4-5H2,1-3H3,(H,17,18,20,21). The predicted octanol–water partition coefficient (Wildman–Crippen LogP) is 3.32. The second-order valence-electron chi connectivity index (χ2n) is 4.67. The van der Waals surface area contributed by atoms with Crippen molar-refractivity contribution in [3.8, 4) is 0 Å². The SMILES string of the molecule is CCc1nnc(NC(=O)c2ccc(C)cc2Br)nc1CC. The van der Waals surface area contributed by atoms with Gasteiger partial charge in [0.25, 0.3) is 5.91 Å². The van der Waals surface area contributed by atoms with E-state index < -0.39 is 0 Å². The number of rotatable bonds is 4. The van der Waals surface area contributed by atoms with E-state index in [-0.39, 0.29) is 11.9 Å². The molecule has 0 atom stereocenters. The number of anilines is 1. The summed E-state index contributed by atoms with van der Waals surface area (Å²) in [7, 11) is 0. The van der Waals surface area contributed by atoms with Crippen molar-refractivity contribution in [3.63, 3.8) is 0 Å². The number of aromatic nitrogens is 3. The Balaban J connectivity index is 2.23. The molecule has 1 amide bonds. The van der Waals surface area contributed by atoms with Gasteiger partial charge in [0.2, 0.25) is 5.95 Å². The molecular weight excluding hydrogens is 332 g/mol. The van der Waals surface area contributed by atoms with E-state index in [9.17, 15) is 4.79 Å². The molecule has 1 aromatic carbocycles. The fraction of sp³-hybridized carbons (Fsp3) is 0.333. The van der Waals surface area contributed by atoms with Crippen molar-refractivity contribution in [2.45, 2.75) is 33.6 Å². The lowest BCUT2D eigenvalue weighted by Crippen LogP contribution is -2.17. The van der Waals surface area contributed by atoms with Crippen LogP contribution in [-0.2, 0) is 12.8 Å². The summed E-state index contributed by atoms with van der Waals surface area (Å²) >= 11 is 3.39. The molecule has 0 fully saturated rings. The lowest BCUT2D eigenvalue weighted by atomic mass is 10.1. The molecule has 1 N–H and O–H groups in total. The Labute approximate surface area is 132 Å². The number of hydrogen-bond acceptors (Lipinski definition) is 4. The molecule has 5 nitrogen and oxygen atoms in total. The Morgan fingerprint density at radius 3 is 2.52 bits per heavy atom. The van der Waals surface area contributed by atoms with E-state index in [0.717, 1.165) is 34.3 Å². The van der Waals surface area contributed by atoms with Crippen molar-refractivity contribution in [1.29, 1.82) is 0 Å². The maximum Gasteiger partial charge on any atom is 0.259 e. The van der Waals surface area contributed by atoms with Gasteiger partial charge in [-0.3, -0.25) is 10.1 Å². The molecule has 6 heteroatoms.